The second kappa shape index (κ2) is 4.94. The number of aliphatic hydroxyl groups excluding tert-OH is 1. The van der Waals surface area contributed by atoms with Crippen LogP contribution in [0.4, 0.5) is 13.2 Å². The zero-order valence-electron chi connectivity index (χ0n) is 6.64. The molecule has 74 valence electrons. The summed E-state index contributed by atoms with van der Waals surface area (Å²) in [6.07, 6.45) is -6.75. The molecule has 0 aromatic heterocycles. The molecular formula is C6H12F3NOS. The van der Waals surface area contributed by atoms with Gasteiger partial charge in [0.05, 0.1) is 0 Å². The zero-order chi connectivity index (χ0) is 9.78. The fourth-order valence-electron chi connectivity index (χ4n) is 0.418. The van der Waals surface area contributed by atoms with Gasteiger partial charge in [-0.05, 0) is 0 Å². The summed E-state index contributed by atoms with van der Waals surface area (Å²) in [4.78, 5) is 0. The standard InChI is InChI=1S/C6H12F3NOS/c1-4(2-10)12-3-5(11)6(7,8)9/h4-5,11H,2-3,10H2,1H3. The molecule has 0 saturated carbocycles. The van der Waals surface area contributed by atoms with Gasteiger partial charge in [0.15, 0.2) is 6.10 Å². The van der Waals surface area contributed by atoms with Crippen molar-refractivity contribution < 1.29 is 18.3 Å². The first-order chi connectivity index (χ1) is 5.38. The molecule has 0 aromatic rings. The van der Waals surface area contributed by atoms with Gasteiger partial charge >= 0.3 is 6.18 Å². The van der Waals surface area contributed by atoms with Gasteiger partial charge in [-0.3, -0.25) is 0 Å². The molecular weight excluding hydrogens is 191 g/mol. The van der Waals surface area contributed by atoms with E-state index in [0.717, 1.165) is 11.8 Å². The lowest BCUT2D eigenvalue weighted by Gasteiger charge is -2.15. The first kappa shape index (κ1) is 12.1. The van der Waals surface area contributed by atoms with E-state index in [9.17, 15) is 13.2 Å². The van der Waals surface area contributed by atoms with Crippen molar-refractivity contribution >= 4 is 11.8 Å². The van der Waals surface area contributed by atoms with Gasteiger partial charge in [-0.15, -0.1) is 0 Å². The molecule has 0 fully saturated rings. The van der Waals surface area contributed by atoms with E-state index in [1.54, 1.807) is 6.92 Å². The lowest BCUT2D eigenvalue weighted by molar-refractivity contribution is -0.195. The molecule has 0 bridgehead atoms. The van der Waals surface area contributed by atoms with E-state index in [4.69, 9.17) is 10.8 Å². The van der Waals surface area contributed by atoms with Crippen molar-refractivity contribution in [2.45, 2.75) is 24.5 Å². The summed E-state index contributed by atoms with van der Waals surface area (Å²) in [5, 5.41) is 8.49. The lowest BCUT2D eigenvalue weighted by atomic mass is 10.4. The zero-order valence-corrected chi connectivity index (χ0v) is 7.45. The van der Waals surface area contributed by atoms with Crippen LogP contribution in [0.3, 0.4) is 0 Å². The maximum Gasteiger partial charge on any atom is 0.415 e. The fraction of sp³-hybridized carbons (Fsp3) is 1.00. The average Bonchev–Trinajstić information content (AvgIpc) is 1.97. The van der Waals surface area contributed by atoms with Crippen LogP contribution in [0.15, 0.2) is 0 Å². The van der Waals surface area contributed by atoms with E-state index < -0.39 is 12.3 Å². The first-order valence-electron chi connectivity index (χ1n) is 3.44. The Hall–Kier alpha value is 0.0600. The first-order valence-corrected chi connectivity index (χ1v) is 4.49. The lowest BCUT2D eigenvalue weighted by Crippen LogP contribution is -2.31. The molecule has 12 heavy (non-hydrogen) atoms. The van der Waals surface area contributed by atoms with Crippen LogP contribution in [0, 0.1) is 0 Å². The molecule has 0 saturated heterocycles. The number of aliphatic hydroxyl groups is 1. The van der Waals surface area contributed by atoms with Crippen LogP contribution in [-0.2, 0) is 0 Å². The number of alkyl halides is 3. The van der Waals surface area contributed by atoms with Crippen LogP contribution >= 0.6 is 11.8 Å². The maximum absolute atomic E-state index is 11.7. The van der Waals surface area contributed by atoms with E-state index in [-0.39, 0.29) is 11.0 Å². The summed E-state index contributed by atoms with van der Waals surface area (Å²) in [5.74, 6) is -0.345. The second-order valence-corrected chi connectivity index (χ2v) is 3.91. The predicted molar refractivity (Wildman–Crippen MR) is 43.0 cm³/mol. The molecule has 0 spiro atoms. The quantitative estimate of drug-likeness (QED) is 0.716. The molecule has 0 aliphatic rings. The molecule has 0 rings (SSSR count). The van der Waals surface area contributed by atoms with Crippen molar-refractivity contribution in [1.29, 1.82) is 0 Å². The minimum absolute atomic E-state index is 0.0537. The summed E-state index contributed by atoms with van der Waals surface area (Å²) in [5.41, 5.74) is 5.18. The van der Waals surface area contributed by atoms with Crippen LogP contribution in [0.25, 0.3) is 0 Å². The molecule has 0 aliphatic heterocycles. The Morgan fingerprint density at radius 3 is 2.33 bits per heavy atom. The molecule has 6 heteroatoms. The third-order valence-electron chi connectivity index (χ3n) is 1.25. The number of thioether (sulfide) groups is 1. The molecule has 0 aromatic carbocycles. The van der Waals surface area contributed by atoms with Crippen molar-refractivity contribution in [1.82, 2.24) is 0 Å². The summed E-state index contributed by atoms with van der Waals surface area (Å²) in [6.45, 7) is 2.03. The summed E-state index contributed by atoms with van der Waals surface area (Å²) in [6, 6.07) is 0. The largest absolute Gasteiger partial charge is 0.415 e. The third-order valence-corrected chi connectivity index (χ3v) is 2.52. The van der Waals surface area contributed by atoms with Crippen LogP contribution in [0.5, 0.6) is 0 Å². The second-order valence-electron chi connectivity index (χ2n) is 2.44. The van der Waals surface area contributed by atoms with E-state index in [1.165, 1.54) is 0 Å². The molecule has 0 amide bonds. The Balaban J connectivity index is 3.64. The number of rotatable bonds is 4. The molecule has 2 nitrogen and oxygen atoms in total. The van der Waals surface area contributed by atoms with Gasteiger partial charge in [0.2, 0.25) is 0 Å². The average molecular weight is 203 g/mol. The highest BCUT2D eigenvalue weighted by atomic mass is 32.2. The maximum atomic E-state index is 11.7. The van der Waals surface area contributed by atoms with Gasteiger partial charge in [0.1, 0.15) is 0 Å². The summed E-state index contributed by atoms with van der Waals surface area (Å²) >= 11 is 1.02. The SMILES string of the molecule is CC(CN)SCC(O)C(F)(F)F. The van der Waals surface area contributed by atoms with Gasteiger partial charge < -0.3 is 10.8 Å². The minimum atomic E-state index is -4.51. The van der Waals surface area contributed by atoms with Gasteiger partial charge in [0, 0.05) is 17.5 Å². The number of hydrogen-bond acceptors (Lipinski definition) is 3. The third kappa shape index (κ3) is 4.84. The van der Waals surface area contributed by atoms with Crippen LogP contribution in [0.2, 0.25) is 0 Å². The van der Waals surface area contributed by atoms with Crippen LogP contribution < -0.4 is 5.73 Å². The summed E-state index contributed by atoms with van der Waals surface area (Å²) < 4.78 is 35.1. The molecule has 0 heterocycles. The fourth-order valence-corrected chi connectivity index (χ4v) is 1.25. The molecule has 0 radical (unpaired) electrons. The normalized spacial score (nSPS) is 17.5. The van der Waals surface area contributed by atoms with E-state index in [2.05, 4.69) is 0 Å². The smallest absolute Gasteiger partial charge is 0.383 e. The predicted octanol–water partition coefficient (Wildman–Crippen LogP) is 0.990. The number of nitrogens with two attached hydrogens (primary N) is 1. The van der Waals surface area contributed by atoms with Crippen molar-refractivity contribution in [3.63, 3.8) is 0 Å². The van der Waals surface area contributed by atoms with Gasteiger partial charge in [0.25, 0.3) is 0 Å². The van der Waals surface area contributed by atoms with Crippen molar-refractivity contribution in [2.24, 2.45) is 5.73 Å². The minimum Gasteiger partial charge on any atom is -0.383 e. The Morgan fingerprint density at radius 1 is 1.50 bits per heavy atom. The Morgan fingerprint density at radius 2 is 2.00 bits per heavy atom. The van der Waals surface area contributed by atoms with E-state index in [0.29, 0.717) is 6.54 Å². The number of halogens is 3. The van der Waals surface area contributed by atoms with Crippen molar-refractivity contribution in [2.75, 3.05) is 12.3 Å². The number of hydrogen-bond donors (Lipinski definition) is 2. The van der Waals surface area contributed by atoms with Crippen LogP contribution in [0.1, 0.15) is 6.92 Å². The van der Waals surface area contributed by atoms with Crippen molar-refractivity contribution in [3.8, 4) is 0 Å². The molecule has 3 N–H and O–H groups in total. The molecule has 2 unspecified atom stereocenters. The van der Waals surface area contributed by atoms with E-state index in [1.807, 2.05) is 0 Å². The molecule has 2 atom stereocenters. The van der Waals surface area contributed by atoms with Gasteiger partial charge in [-0.1, -0.05) is 6.92 Å². The highest BCUT2D eigenvalue weighted by molar-refractivity contribution is 7.99. The summed E-state index contributed by atoms with van der Waals surface area (Å²) in [7, 11) is 0. The topological polar surface area (TPSA) is 46.2 Å². The van der Waals surface area contributed by atoms with Gasteiger partial charge in [-0.25, -0.2) is 0 Å². The Kier molecular flexibility index (Phi) is 4.96. The molecule has 0 aliphatic carbocycles. The van der Waals surface area contributed by atoms with Gasteiger partial charge in [-0.2, -0.15) is 24.9 Å². The Labute approximate surface area is 73.3 Å². The van der Waals surface area contributed by atoms with Crippen molar-refractivity contribution in [3.05, 3.63) is 0 Å². The monoisotopic (exact) mass is 203 g/mol. The highest BCUT2D eigenvalue weighted by Gasteiger charge is 2.37. The highest BCUT2D eigenvalue weighted by Crippen LogP contribution is 2.24. The Bertz CT molecular complexity index is 130. The van der Waals surface area contributed by atoms with E-state index >= 15 is 0 Å². The van der Waals surface area contributed by atoms with Crippen LogP contribution in [-0.4, -0.2) is 34.9 Å².